The molecule has 1 heterocycles. The largest absolute Gasteiger partial charge is 0.463 e. The highest BCUT2D eigenvalue weighted by Crippen LogP contribution is 2.24. The first-order valence-electron chi connectivity index (χ1n) is 5.23. The molecular formula is C13H13FO2. The van der Waals surface area contributed by atoms with Crippen molar-refractivity contribution < 1.29 is 13.9 Å². The molecule has 0 saturated carbocycles. The smallest absolute Gasteiger partial charge is 0.137 e. The number of aliphatic hydroxyl groups excluding tert-OH is 1. The Morgan fingerprint density at radius 2 is 2.12 bits per heavy atom. The van der Waals surface area contributed by atoms with Crippen molar-refractivity contribution in [3.8, 4) is 0 Å². The molecule has 0 aliphatic heterocycles. The average molecular weight is 220 g/mol. The summed E-state index contributed by atoms with van der Waals surface area (Å²) >= 11 is 0. The average Bonchev–Trinajstić information content (AvgIpc) is 2.76. The van der Waals surface area contributed by atoms with Crippen LogP contribution in [0.25, 0.3) is 0 Å². The molecule has 0 aliphatic rings. The molecule has 16 heavy (non-hydrogen) atoms. The van der Waals surface area contributed by atoms with Crippen LogP contribution >= 0.6 is 0 Å². The molecule has 2 rings (SSSR count). The summed E-state index contributed by atoms with van der Waals surface area (Å²) in [6, 6.07) is 9.42. The molecule has 1 aromatic carbocycles. The molecule has 2 aromatic rings. The van der Waals surface area contributed by atoms with E-state index in [1.54, 1.807) is 18.2 Å². The van der Waals surface area contributed by atoms with E-state index in [1.165, 1.54) is 12.1 Å². The van der Waals surface area contributed by atoms with Gasteiger partial charge in [0.15, 0.2) is 0 Å². The van der Waals surface area contributed by atoms with Crippen LogP contribution in [-0.4, -0.2) is 5.11 Å². The van der Waals surface area contributed by atoms with Crippen LogP contribution in [0, 0.1) is 5.82 Å². The lowest BCUT2D eigenvalue weighted by atomic mass is 10.1. The first kappa shape index (κ1) is 10.9. The van der Waals surface area contributed by atoms with E-state index in [9.17, 15) is 9.50 Å². The monoisotopic (exact) mass is 220 g/mol. The van der Waals surface area contributed by atoms with Crippen molar-refractivity contribution in [2.45, 2.75) is 19.4 Å². The molecule has 3 heteroatoms. The predicted molar refractivity (Wildman–Crippen MR) is 58.5 cm³/mol. The molecule has 1 aromatic heterocycles. The fraction of sp³-hybridized carbons (Fsp3) is 0.231. The molecule has 0 spiro atoms. The van der Waals surface area contributed by atoms with Gasteiger partial charge in [-0.1, -0.05) is 19.1 Å². The Labute approximate surface area is 93.3 Å². The van der Waals surface area contributed by atoms with Crippen molar-refractivity contribution in [2.75, 3.05) is 0 Å². The van der Waals surface area contributed by atoms with E-state index in [2.05, 4.69) is 0 Å². The maximum absolute atomic E-state index is 13.0. The van der Waals surface area contributed by atoms with Gasteiger partial charge in [-0.2, -0.15) is 0 Å². The third-order valence-corrected chi connectivity index (χ3v) is 2.46. The van der Waals surface area contributed by atoms with Gasteiger partial charge in [-0.25, -0.2) is 4.39 Å². The lowest BCUT2D eigenvalue weighted by Crippen LogP contribution is -1.98. The fourth-order valence-corrected chi connectivity index (χ4v) is 1.57. The van der Waals surface area contributed by atoms with Crippen molar-refractivity contribution in [2.24, 2.45) is 0 Å². The van der Waals surface area contributed by atoms with Crippen molar-refractivity contribution in [1.29, 1.82) is 0 Å². The summed E-state index contributed by atoms with van der Waals surface area (Å²) in [4.78, 5) is 0. The molecule has 0 fully saturated rings. The highest BCUT2D eigenvalue weighted by Gasteiger charge is 2.14. The van der Waals surface area contributed by atoms with Gasteiger partial charge in [0, 0.05) is 6.42 Å². The molecule has 0 bridgehead atoms. The number of furan rings is 1. The molecule has 84 valence electrons. The summed E-state index contributed by atoms with van der Waals surface area (Å²) < 4.78 is 18.4. The lowest BCUT2D eigenvalue weighted by Gasteiger charge is -2.07. The van der Waals surface area contributed by atoms with E-state index >= 15 is 0 Å². The summed E-state index contributed by atoms with van der Waals surface area (Å²) in [5, 5.41) is 9.96. The van der Waals surface area contributed by atoms with Crippen LogP contribution in [0.5, 0.6) is 0 Å². The summed E-state index contributed by atoms with van der Waals surface area (Å²) in [6.07, 6.45) is -0.133. The van der Waals surface area contributed by atoms with Gasteiger partial charge in [0.1, 0.15) is 23.4 Å². The third kappa shape index (κ3) is 2.14. The van der Waals surface area contributed by atoms with E-state index in [4.69, 9.17) is 4.42 Å². The zero-order valence-electron chi connectivity index (χ0n) is 8.98. The molecule has 0 amide bonds. The highest BCUT2D eigenvalue weighted by atomic mass is 19.1. The van der Waals surface area contributed by atoms with E-state index in [-0.39, 0.29) is 5.82 Å². The van der Waals surface area contributed by atoms with Gasteiger partial charge in [-0.3, -0.25) is 0 Å². The molecular weight excluding hydrogens is 207 g/mol. The fourth-order valence-electron chi connectivity index (χ4n) is 1.57. The van der Waals surface area contributed by atoms with Crippen molar-refractivity contribution >= 4 is 0 Å². The number of hydrogen-bond donors (Lipinski definition) is 1. The van der Waals surface area contributed by atoms with Crippen molar-refractivity contribution in [1.82, 2.24) is 0 Å². The Kier molecular flexibility index (Phi) is 3.06. The molecule has 1 N–H and O–H groups in total. The first-order valence-corrected chi connectivity index (χ1v) is 5.23. The SMILES string of the molecule is CCc1ccc(C(O)c2cccc(F)c2)o1. The van der Waals surface area contributed by atoms with Gasteiger partial charge in [0.2, 0.25) is 0 Å². The molecule has 0 saturated heterocycles. The second-order valence-electron chi connectivity index (χ2n) is 3.62. The zero-order valence-corrected chi connectivity index (χ0v) is 8.98. The Morgan fingerprint density at radius 1 is 1.31 bits per heavy atom. The number of benzene rings is 1. The Bertz CT molecular complexity index is 476. The Morgan fingerprint density at radius 3 is 2.75 bits per heavy atom. The number of hydrogen-bond acceptors (Lipinski definition) is 2. The van der Waals surface area contributed by atoms with E-state index in [0.717, 1.165) is 12.2 Å². The van der Waals surface area contributed by atoms with Crippen molar-refractivity contribution in [3.63, 3.8) is 0 Å². The summed E-state index contributed by atoms with van der Waals surface area (Å²) in [7, 11) is 0. The molecule has 1 atom stereocenters. The second kappa shape index (κ2) is 4.49. The van der Waals surface area contributed by atoms with Crippen LogP contribution in [-0.2, 0) is 6.42 Å². The zero-order chi connectivity index (χ0) is 11.5. The maximum atomic E-state index is 13.0. The minimum absolute atomic E-state index is 0.362. The summed E-state index contributed by atoms with van der Waals surface area (Å²) in [6.45, 7) is 1.97. The third-order valence-electron chi connectivity index (χ3n) is 2.46. The van der Waals surface area contributed by atoms with Gasteiger partial charge >= 0.3 is 0 Å². The van der Waals surface area contributed by atoms with Crippen molar-refractivity contribution in [3.05, 3.63) is 59.3 Å². The van der Waals surface area contributed by atoms with Crippen LogP contribution in [0.3, 0.4) is 0 Å². The van der Waals surface area contributed by atoms with Crippen LogP contribution in [0.2, 0.25) is 0 Å². The van der Waals surface area contributed by atoms with E-state index in [0.29, 0.717) is 11.3 Å². The normalized spacial score (nSPS) is 12.7. The summed E-state index contributed by atoms with van der Waals surface area (Å²) in [5.74, 6) is 0.895. The first-order chi connectivity index (χ1) is 7.70. The van der Waals surface area contributed by atoms with Gasteiger partial charge in [-0.05, 0) is 29.8 Å². The molecule has 0 radical (unpaired) electrons. The van der Waals surface area contributed by atoms with Gasteiger partial charge in [0.05, 0.1) is 0 Å². The van der Waals surface area contributed by atoms with Crippen LogP contribution in [0.1, 0.15) is 30.1 Å². The number of halogens is 1. The topological polar surface area (TPSA) is 33.4 Å². The summed E-state index contributed by atoms with van der Waals surface area (Å²) in [5.41, 5.74) is 0.497. The predicted octanol–water partition coefficient (Wildman–Crippen LogP) is 3.06. The Hall–Kier alpha value is -1.61. The van der Waals surface area contributed by atoms with Crippen LogP contribution in [0.4, 0.5) is 4.39 Å². The highest BCUT2D eigenvalue weighted by molar-refractivity contribution is 5.25. The van der Waals surface area contributed by atoms with Gasteiger partial charge in [0.25, 0.3) is 0 Å². The quantitative estimate of drug-likeness (QED) is 0.862. The number of rotatable bonds is 3. The maximum Gasteiger partial charge on any atom is 0.137 e. The Balaban J connectivity index is 2.27. The minimum atomic E-state index is -0.906. The van der Waals surface area contributed by atoms with Crippen LogP contribution in [0.15, 0.2) is 40.8 Å². The lowest BCUT2D eigenvalue weighted by molar-refractivity contribution is 0.186. The molecule has 1 unspecified atom stereocenters. The minimum Gasteiger partial charge on any atom is -0.463 e. The van der Waals surface area contributed by atoms with Crippen LogP contribution < -0.4 is 0 Å². The second-order valence-corrected chi connectivity index (χ2v) is 3.62. The van der Waals surface area contributed by atoms with Gasteiger partial charge < -0.3 is 9.52 Å². The standard InChI is InChI=1S/C13H13FO2/c1-2-11-6-7-12(16-11)13(15)9-4-3-5-10(14)8-9/h3-8,13,15H,2H2,1H3. The molecule has 2 nitrogen and oxygen atoms in total. The molecule has 0 aliphatic carbocycles. The van der Waals surface area contributed by atoms with E-state index < -0.39 is 6.10 Å². The number of aryl methyl sites for hydroxylation is 1. The van der Waals surface area contributed by atoms with E-state index in [1.807, 2.05) is 13.0 Å². The number of aliphatic hydroxyl groups is 1. The van der Waals surface area contributed by atoms with Gasteiger partial charge in [-0.15, -0.1) is 0 Å².